The van der Waals surface area contributed by atoms with Gasteiger partial charge in [-0.3, -0.25) is 0 Å². The van der Waals surface area contributed by atoms with E-state index in [9.17, 15) is 0 Å². The lowest BCUT2D eigenvalue weighted by Crippen LogP contribution is -2.18. The molecule has 0 amide bonds. The maximum Gasteiger partial charge on any atom is 0.107 e. The highest BCUT2D eigenvalue weighted by molar-refractivity contribution is 9.10. The third kappa shape index (κ3) is 4.61. The molecule has 17 heavy (non-hydrogen) atoms. The van der Waals surface area contributed by atoms with Crippen molar-refractivity contribution >= 4 is 38.8 Å². The van der Waals surface area contributed by atoms with Crippen LogP contribution in [0.3, 0.4) is 0 Å². The minimum Gasteiger partial charge on any atom is -0.389 e. The molecule has 0 saturated carbocycles. The van der Waals surface area contributed by atoms with Crippen molar-refractivity contribution in [1.29, 1.82) is 0 Å². The predicted octanol–water partition coefficient (Wildman–Crippen LogP) is 2.45. The first-order valence-corrected chi connectivity index (χ1v) is 6.69. The van der Waals surface area contributed by atoms with Crippen LogP contribution in [0.25, 0.3) is 0 Å². The standard InChI is InChI=1S/C12H18BrN3S/c1-16(2)8-4-7-15-10-6-3-5-9(13)11(10)12(14)17/h3,5-6,15H,4,7-8H2,1-2H3,(H2,14,17). The smallest absolute Gasteiger partial charge is 0.107 e. The van der Waals surface area contributed by atoms with Crippen molar-refractivity contribution < 1.29 is 0 Å². The molecule has 5 heteroatoms. The van der Waals surface area contributed by atoms with Crippen LogP contribution in [0.4, 0.5) is 5.69 Å². The van der Waals surface area contributed by atoms with Gasteiger partial charge in [0.2, 0.25) is 0 Å². The van der Waals surface area contributed by atoms with Gasteiger partial charge in [0.15, 0.2) is 0 Å². The molecule has 0 aromatic heterocycles. The average Bonchev–Trinajstić information content (AvgIpc) is 2.23. The van der Waals surface area contributed by atoms with Gasteiger partial charge in [-0.05, 0) is 55.1 Å². The van der Waals surface area contributed by atoms with E-state index in [-0.39, 0.29) is 0 Å². The summed E-state index contributed by atoms with van der Waals surface area (Å²) >= 11 is 8.52. The lowest BCUT2D eigenvalue weighted by atomic mass is 10.1. The second-order valence-electron chi connectivity index (χ2n) is 4.11. The minimum absolute atomic E-state index is 0.410. The van der Waals surface area contributed by atoms with E-state index in [1.165, 1.54) is 0 Å². The van der Waals surface area contributed by atoms with E-state index in [4.69, 9.17) is 18.0 Å². The molecular formula is C12H18BrN3S. The quantitative estimate of drug-likeness (QED) is 0.625. The van der Waals surface area contributed by atoms with Crippen molar-refractivity contribution in [1.82, 2.24) is 4.90 Å². The molecule has 1 rings (SSSR count). The van der Waals surface area contributed by atoms with Crippen molar-refractivity contribution in [2.45, 2.75) is 6.42 Å². The number of nitrogens with zero attached hydrogens (tertiary/aromatic N) is 1. The van der Waals surface area contributed by atoms with Crippen LogP contribution >= 0.6 is 28.1 Å². The summed E-state index contributed by atoms with van der Waals surface area (Å²) in [5, 5.41) is 3.37. The Morgan fingerprint density at radius 2 is 2.18 bits per heavy atom. The van der Waals surface area contributed by atoms with Gasteiger partial charge in [0.1, 0.15) is 4.99 Å². The van der Waals surface area contributed by atoms with Crippen molar-refractivity contribution in [2.75, 3.05) is 32.5 Å². The van der Waals surface area contributed by atoms with Gasteiger partial charge in [0.05, 0.1) is 0 Å². The van der Waals surface area contributed by atoms with Crippen molar-refractivity contribution in [3.63, 3.8) is 0 Å². The summed E-state index contributed by atoms with van der Waals surface area (Å²) in [6.07, 6.45) is 1.08. The SMILES string of the molecule is CN(C)CCCNc1cccc(Br)c1C(N)=S. The van der Waals surface area contributed by atoms with Gasteiger partial charge in [-0.2, -0.15) is 0 Å². The van der Waals surface area contributed by atoms with E-state index >= 15 is 0 Å². The molecule has 0 unspecified atom stereocenters. The van der Waals surface area contributed by atoms with Crippen LogP contribution in [0.15, 0.2) is 22.7 Å². The summed E-state index contributed by atoms with van der Waals surface area (Å²) in [6, 6.07) is 5.91. The van der Waals surface area contributed by atoms with Crippen molar-refractivity contribution in [3.05, 3.63) is 28.2 Å². The molecule has 0 fully saturated rings. The molecule has 3 N–H and O–H groups in total. The van der Waals surface area contributed by atoms with Crippen LogP contribution < -0.4 is 11.1 Å². The number of nitrogens with two attached hydrogens (primary N) is 1. The van der Waals surface area contributed by atoms with Crippen LogP contribution in [0.2, 0.25) is 0 Å². The zero-order valence-corrected chi connectivity index (χ0v) is 12.6. The van der Waals surface area contributed by atoms with E-state index < -0.39 is 0 Å². The van der Waals surface area contributed by atoms with E-state index in [2.05, 4.69) is 40.2 Å². The first-order chi connectivity index (χ1) is 8.02. The number of rotatable bonds is 6. The Balaban J connectivity index is 2.64. The summed E-state index contributed by atoms with van der Waals surface area (Å²) in [7, 11) is 4.14. The van der Waals surface area contributed by atoms with Gasteiger partial charge < -0.3 is 16.0 Å². The molecule has 0 atom stereocenters. The number of thiocarbonyl (C=S) groups is 1. The Kier molecular flexibility index (Phi) is 5.88. The third-order valence-corrected chi connectivity index (χ3v) is 3.22. The Morgan fingerprint density at radius 1 is 1.47 bits per heavy atom. The fourth-order valence-corrected chi connectivity index (χ4v) is 2.47. The first-order valence-electron chi connectivity index (χ1n) is 5.49. The maximum absolute atomic E-state index is 5.72. The van der Waals surface area contributed by atoms with Crippen LogP contribution in [0.5, 0.6) is 0 Å². The third-order valence-electron chi connectivity index (χ3n) is 2.36. The Morgan fingerprint density at radius 3 is 2.76 bits per heavy atom. The topological polar surface area (TPSA) is 41.3 Å². The molecule has 0 aliphatic rings. The van der Waals surface area contributed by atoms with Crippen LogP contribution in [-0.2, 0) is 0 Å². The van der Waals surface area contributed by atoms with Crippen LogP contribution in [0.1, 0.15) is 12.0 Å². The Labute approximate surface area is 116 Å². The lowest BCUT2D eigenvalue weighted by molar-refractivity contribution is 0.405. The zero-order valence-electron chi connectivity index (χ0n) is 10.2. The number of halogens is 1. The summed E-state index contributed by atoms with van der Waals surface area (Å²) in [5.74, 6) is 0. The van der Waals surface area contributed by atoms with Gasteiger partial charge >= 0.3 is 0 Å². The second kappa shape index (κ2) is 6.93. The molecule has 0 saturated heterocycles. The van der Waals surface area contributed by atoms with Gasteiger partial charge in [-0.25, -0.2) is 0 Å². The number of nitrogens with one attached hydrogen (secondary N) is 1. The summed E-state index contributed by atoms with van der Waals surface area (Å²) in [5.41, 5.74) is 7.59. The molecule has 0 spiro atoms. The van der Waals surface area contributed by atoms with Gasteiger partial charge in [-0.15, -0.1) is 0 Å². The summed E-state index contributed by atoms with van der Waals surface area (Å²) in [6.45, 7) is 1.97. The fourth-order valence-electron chi connectivity index (χ4n) is 1.54. The molecule has 0 radical (unpaired) electrons. The van der Waals surface area contributed by atoms with Gasteiger partial charge in [0, 0.05) is 22.3 Å². The molecule has 94 valence electrons. The highest BCUT2D eigenvalue weighted by Gasteiger charge is 2.08. The van der Waals surface area contributed by atoms with E-state index in [1.807, 2.05) is 18.2 Å². The summed E-state index contributed by atoms with van der Waals surface area (Å²) in [4.78, 5) is 2.57. The van der Waals surface area contributed by atoms with E-state index in [0.29, 0.717) is 4.99 Å². The molecule has 1 aromatic carbocycles. The molecule has 0 aliphatic carbocycles. The molecular weight excluding hydrogens is 298 g/mol. The van der Waals surface area contributed by atoms with Crippen molar-refractivity contribution in [2.24, 2.45) is 5.73 Å². The van der Waals surface area contributed by atoms with Crippen LogP contribution in [0, 0.1) is 0 Å². The average molecular weight is 316 g/mol. The number of hydrogen-bond acceptors (Lipinski definition) is 3. The van der Waals surface area contributed by atoms with Crippen molar-refractivity contribution in [3.8, 4) is 0 Å². The summed E-state index contributed by atoms with van der Waals surface area (Å²) < 4.78 is 0.933. The molecule has 0 bridgehead atoms. The number of hydrogen-bond donors (Lipinski definition) is 2. The van der Waals surface area contributed by atoms with Gasteiger partial charge in [-0.1, -0.05) is 18.3 Å². The Hall–Kier alpha value is -0.650. The highest BCUT2D eigenvalue weighted by atomic mass is 79.9. The van der Waals surface area contributed by atoms with Crippen LogP contribution in [-0.4, -0.2) is 37.1 Å². The van der Waals surface area contributed by atoms with Gasteiger partial charge in [0.25, 0.3) is 0 Å². The number of benzene rings is 1. The fraction of sp³-hybridized carbons (Fsp3) is 0.417. The Bertz CT molecular complexity index is 393. The monoisotopic (exact) mass is 315 g/mol. The molecule has 0 aliphatic heterocycles. The molecule has 0 heterocycles. The predicted molar refractivity (Wildman–Crippen MR) is 81.7 cm³/mol. The second-order valence-corrected chi connectivity index (χ2v) is 5.40. The maximum atomic E-state index is 5.72. The molecule has 1 aromatic rings. The molecule has 3 nitrogen and oxygen atoms in total. The highest BCUT2D eigenvalue weighted by Crippen LogP contribution is 2.24. The zero-order chi connectivity index (χ0) is 12.8. The number of anilines is 1. The van der Waals surface area contributed by atoms with E-state index in [1.54, 1.807) is 0 Å². The minimum atomic E-state index is 0.410. The van der Waals surface area contributed by atoms with E-state index in [0.717, 1.165) is 35.2 Å². The largest absolute Gasteiger partial charge is 0.389 e. The first kappa shape index (κ1) is 14.4. The lowest BCUT2D eigenvalue weighted by Gasteiger charge is -2.14. The normalized spacial score (nSPS) is 10.6.